The number of carbonyl (C=O) groups is 1. The first-order chi connectivity index (χ1) is 17.6. The molecule has 0 heterocycles. The molecule has 0 saturated heterocycles. The SMILES string of the molecule is N#C/C(=C\c1cccc(N(c2ccccc2)c2ccc3ccc4cccc5ccc2c3c45)c1)C(=O)O. The fourth-order valence-electron chi connectivity index (χ4n) is 4.98. The topological polar surface area (TPSA) is 64.3 Å². The van der Waals surface area contributed by atoms with Crippen LogP contribution in [0.15, 0.2) is 115 Å². The van der Waals surface area contributed by atoms with Crippen LogP contribution >= 0.6 is 0 Å². The third-order valence-corrected chi connectivity index (χ3v) is 6.55. The largest absolute Gasteiger partial charge is 0.477 e. The quantitative estimate of drug-likeness (QED) is 0.159. The lowest BCUT2D eigenvalue weighted by Crippen LogP contribution is -2.10. The second-order valence-electron chi connectivity index (χ2n) is 8.68. The van der Waals surface area contributed by atoms with Gasteiger partial charge >= 0.3 is 5.97 Å². The van der Waals surface area contributed by atoms with E-state index in [9.17, 15) is 15.2 Å². The summed E-state index contributed by atoms with van der Waals surface area (Å²) in [7, 11) is 0. The number of carboxylic acid groups (broad SMARTS) is 1. The summed E-state index contributed by atoms with van der Waals surface area (Å²) in [6.45, 7) is 0. The molecule has 6 rings (SSSR count). The molecule has 0 aliphatic rings. The van der Waals surface area contributed by atoms with E-state index < -0.39 is 5.97 Å². The van der Waals surface area contributed by atoms with Gasteiger partial charge in [0.15, 0.2) is 0 Å². The first kappa shape index (κ1) is 21.4. The molecule has 4 nitrogen and oxygen atoms in total. The van der Waals surface area contributed by atoms with E-state index in [4.69, 9.17) is 0 Å². The second-order valence-corrected chi connectivity index (χ2v) is 8.68. The Hall–Kier alpha value is -5.14. The Kier molecular flexibility index (Phi) is 5.10. The Morgan fingerprint density at radius 3 is 2.08 bits per heavy atom. The minimum Gasteiger partial charge on any atom is -0.477 e. The van der Waals surface area contributed by atoms with Crippen molar-refractivity contribution < 1.29 is 9.90 Å². The number of para-hydroxylation sites is 1. The van der Waals surface area contributed by atoms with Gasteiger partial charge in [0.25, 0.3) is 0 Å². The minimum atomic E-state index is -1.24. The third-order valence-electron chi connectivity index (χ3n) is 6.55. The molecule has 0 radical (unpaired) electrons. The number of benzene rings is 6. The summed E-state index contributed by atoms with van der Waals surface area (Å²) in [4.78, 5) is 13.6. The van der Waals surface area contributed by atoms with Crippen molar-refractivity contribution in [2.75, 3.05) is 4.90 Å². The number of hydrogen-bond donors (Lipinski definition) is 1. The van der Waals surface area contributed by atoms with Crippen LogP contribution in [0.1, 0.15) is 5.56 Å². The van der Waals surface area contributed by atoms with Crippen LogP contribution in [0.5, 0.6) is 0 Å². The molecule has 0 aromatic heterocycles. The standard InChI is InChI=1S/C32H20N2O2/c33-20-25(32(35)36)18-21-6-4-11-27(19-21)34(26-9-2-1-3-10-26)29-17-15-24-13-12-22-7-5-8-23-14-16-28(29)31(24)30(22)23/h1-19H,(H,35,36)/b25-18+. The van der Waals surface area contributed by atoms with Gasteiger partial charge in [-0.1, -0.05) is 78.9 Å². The van der Waals surface area contributed by atoms with E-state index in [1.807, 2.05) is 36.4 Å². The van der Waals surface area contributed by atoms with Crippen molar-refractivity contribution in [2.24, 2.45) is 0 Å². The molecule has 0 saturated carbocycles. The number of nitriles is 1. The molecular formula is C32H20N2O2. The zero-order valence-corrected chi connectivity index (χ0v) is 19.2. The maximum absolute atomic E-state index is 11.4. The maximum Gasteiger partial charge on any atom is 0.346 e. The molecule has 0 spiro atoms. The number of aliphatic carboxylic acids is 1. The number of nitrogens with zero attached hydrogens (tertiary/aromatic N) is 2. The molecule has 170 valence electrons. The molecule has 0 unspecified atom stereocenters. The van der Waals surface area contributed by atoms with Crippen molar-refractivity contribution in [1.82, 2.24) is 0 Å². The molecule has 0 bridgehead atoms. The zero-order chi connectivity index (χ0) is 24.6. The fraction of sp³-hybridized carbons (Fsp3) is 0. The lowest BCUT2D eigenvalue weighted by molar-refractivity contribution is -0.132. The van der Waals surface area contributed by atoms with E-state index >= 15 is 0 Å². The first-order valence-electron chi connectivity index (χ1n) is 11.6. The molecule has 0 fully saturated rings. The highest BCUT2D eigenvalue weighted by molar-refractivity contribution is 6.25. The molecule has 6 aromatic carbocycles. The number of anilines is 3. The van der Waals surface area contributed by atoms with Gasteiger partial charge in [0.2, 0.25) is 0 Å². The van der Waals surface area contributed by atoms with Crippen molar-refractivity contribution >= 4 is 61.4 Å². The maximum atomic E-state index is 11.4. The van der Waals surface area contributed by atoms with Gasteiger partial charge in [-0.15, -0.1) is 0 Å². The molecule has 0 amide bonds. The molecule has 4 heteroatoms. The van der Waals surface area contributed by atoms with E-state index in [1.54, 1.807) is 12.1 Å². The smallest absolute Gasteiger partial charge is 0.346 e. The average molecular weight is 465 g/mol. The number of hydrogen-bond acceptors (Lipinski definition) is 3. The van der Waals surface area contributed by atoms with Crippen molar-refractivity contribution in [3.8, 4) is 6.07 Å². The zero-order valence-electron chi connectivity index (χ0n) is 19.2. The van der Waals surface area contributed by atoms with Crippen LogP contribution in [-0.2, 0) is 4.79 Å². The van der Waals surface area contributed by atoms with Gasteiger partial charge in [0.05, 0.1) is 5.69 Å². The third kappa shape index (κ3) is 3.51. The monoisotopic (exact) mass is 464 g/mol. The molecular weight excluding hydrogens is 444 g/mol. The van der Waals surface area contributed by atoms with E-state index in [2.05, 4.69) is 71.6 Å². The van der Waals surface area contributed by atoms with Gasteiger partial charge in [0, 0.05) is 16.8 Å². The molecule has 6 aromatic rings. The first-order valence-corrected chi connectivity index (χ1v) is 11.6. The van der Waals surface area contributed by atoms with E-state index in [0.29, 0.717) is 5.56 Å². The van der Waals surface area contributed by atoms with Crippen molar-refractivity contribution in [3.05, 3.63) is 120 Å². The summed E-state index contributed by atoms with van der Waals surface area (Å²) in [5.41, 5.74) is 3.21. The average Bonchev–Trinajstić information content (AvgIpc) is 2.92. The summed E-state index contributed by atoms with van der Waals surface area (Å²) >= 11 is 0. The van der Waals surface area contributed by atoms with Crippen molar-refractivity contribution in [1.29, 1.82) is 5.26 Å². The summed E-state index contributed by atoms with van der Waals surface area (Å²) in [5, 5.41) is 25.8. The lowest BCUT2D eigenvalue weighted by atomic mass is 9.93. The van der Waals surface area contributed by atoms with Gasteiger partial charge in [-0.2, -0.15) is 5.26 Å². The minimum absolute atomic E-state index is 0.304. The Bertz CT molecular complexity index is 1820. The normalized spacial score (nSPS) is 11.7. The van der Waals surface area contributed by atoms with E-state index in [1.165, 1.54) is 33.0 Å². The fourth-order valence-corrected chi connectivity index (χ4v) is 4.98. The van der Waals surface area contributed by atoms with Crippen LogP contribution in [0.3, 0.4) is 0 Å². The Morgan fingerprint density at radius 1 is 0.722 bits per heavy atom. The van der Waals surface area contributed by atoms with Gasteiger partial charge in [-0.3, -0.25) is 0 Å². The summed E-state index contributed by atoms with van der Waals surface area (Å²) < 4.78 is 0. The number of carboxylic acids is 1. The molecule has 1 N–H and O–H groups in total. The highest BCUT2D eigenvalue weighted by Crippen LogP contribution is 2.43. The van der Waals surface area contributed by atoms with Crippen molar-refractivity contribution in [2.45, 2.75) is 0 Å². The summed E-state index contributed by atoms with van der Waals surface area (Å²) in [6, 6.07) is 38.8. The van der Waals surface area contributed by atoms with Crippen LogP contribution < -0.4 is 4.90 Å². The molecule has 0 aliphatic carbocycles. The number of rotatable bonds is 5. The van der Waals surface area contributed by atoms with Crippen LogP contribution in [-0.4, -0.2) is 11.1 Å². The second kappa shape index (κ2) is 8.57. The lowest BCUT2D eigenvalue weighted by Gasteiger charge is -2.28. The molecule has 36 heavy (non-hydrogen) atoms. The van der Waals surface area contributed by atoms with Gasteiger partial charge in [0.1, 0.15) is 11.6 Å². The van der Waals surface area contributed by atoms with E-state index in [0.717, 1.165) is 22.4 Å². The Balaban J connectivity index is 1.63. The van der Waals surface area contributed by atoms with Gasteiger partial charge in [-0.05, 0) is 68.9 Å². The highest BCUT2D eigenvalue weighted by atomic mass is 16.4. The van der Waals surface area contributed by atoms with Crippen LogP contribution in [0.2, 0.25) is 0 Å². The predicted octanol–water partition coefficient (Wildman–Crippen LogP) is 8.05. The van der Waals surface area contributed by atoms with Crippen LogP contribution in [0, 0.1) is 11.3 Å². The summed E-state index contributed by atoms with van der Waals surface area (Å²) in [5.74, 6) is -1.24. The van der Waals surface area contributed by atoms with Crippen LogP contribution in [0.4, 0.5) is 17.1 Å². The van der Waals surface area contributed by atoms with E-state index in [-0.39, 0.29) is 5.57 Å². The van der Waals surface area contributed by atoms with Gasteiger partial charge < -0.3 is 10.0 Å². The van der Waals surface area contributed by atoms with Crippen molar-refractivity contribution in [3.63, 3.8) is 0 Å². The molecule has 0 atom stereocenters. The predicted molar refractivity (Wildman–Crippen MR) is 146 cm³/mol. The Morgan fingerprint density at radius 2 is 1.36 bits per heavy atom. The van der Waals surface area contributed by atoms with Crippen LogP contribution in [0.25, 0.3) is 38.4 Å². The summed E-state index contributed by atoms with van der Waals surface area (Å²) in [6.07, 6.45) is 1.40. The molecule has 0 aliphatic heterocycles. The highest BCUT2D eigenvalue weighted by Gasteiger charge is 2.18. The Labute approximate surface area is 207 Å². The van der Waals surface area contributed by atoms with Gasteiger partial charge in [-0.25, -0.2) is 4.79 Å².